The van der Waals surface area contributed by atoms with Crippen LogP contribution < -0.4 is 16.0 Å². The average Bonchev–Trinajstić information content (AvgIpc) is 2.73. The first-order valence-corrected chi connectivity index (χ1v) is 10.4. The highest BCUT2D eigenvalue weighted by Crippen LogP contribution is 2.34. The van der Waals surface area contributed by atoms with Crippen LogP contribution in [0.15, 0.2) is 30.5 Å². The maximum absolute atomic E-state index is 13.5. The molecule has 0 bridgehead atoms. The summed E-state index contributed by atoms with van der Waals surface area (Å²) in [6.45, 7) is 2.78. The van der Waals surface area contributed by atoms with Crippen LogP contribution in [-0.2, 0) is 6.18 Å². The fourth-order valence-electron chi connectivity index (χ4n) is 3.73. The van der Waals surface area contributed by atoms with Gasteiger partial charge in [0.05, 0.1) is 23.3 Å². The van der Waals surface area contributed by atoms with Crippen molar-refractivity contribution in [1.29, 1.82) is 0 Å². The van der Waals surface area contributed by atoms with Crippen LogP contribution in [0.2, 0.25) is 5.28 Å². The minimum Gasteiger partial charge on any atom is -0.399 e. The number of nitrogen functional groups attached to an aromatic ring is 1. The molecule has 1 aliphatic heterocycles. The van der Waals surface area contributed by atoms with E-state index in [1.54, 1.807) is 19.2 Å². The van der Waals surface area contributed by atoms with Crippen molar-refractivity contribution in [3.63, 3.8) is 0 Å². The Bertz CT molecular complexity index is 1130. The lowest BCUT2D eigenvalue weighted by atomic mass is 10.0. The molecule has 1 aliphatic rings. The third-order valence-electron chi connectivity index (χ3n) is 5.45. The zero-order chi connectivity index (χ0) is 23.0. The van der Waals surface area contributed by atoms with Gasteiger partial charge in [-0.15, -0.1) is 0 Å². The molecule has 1 fully saturated rings. The van der Waals surface area contributed by atoms with Crippen molar-refractivity contribution in [3.05, 3.63) is 46.9 Å². The molecule has 4 rings (SSSR count). The summed E-state index contributed by atoms with van der Waals surface area (Å²) in [5.74, 6) is 1.00. The number of alkyl halides is 4. The zero-order valence-electron chi connectivity index (χ0n) is 17.1. The first-order valence-electron chi connectivity index (χ1n) is 10.1. The lowest BCUT2D eigenvalue weighted by Gasteiger charge is -2.29. The summed E-state index contributed by atoms with van der Waals surface area (Å²) < 4.78 is 53.1. The summed E-state index contributed by atoms with van der Waals surface area (Å²) in [4.78, 5) is 14.8. The molecule has 0 unspecified atom stereocenters. The molecule has 3 N–H and O–H groups in total. The van der Waals surface area contributed by atoms with Crippen molar-refractivity contribution in [2.45, 2.75) is 38.2 Å². The molecule has 0 saturated carbocycles. The fourth-order valence-corrected chi connectivity index (χ4v) is 3.91. The number of hydrogen-bond donors (Lipinski definition) is 2. The van der Waals surface area contributed by atoms with E-state index in [0.717, 1.165) is 12.1 Å². The molecule has 3 heterocycles. The van der Waals surface area contributed by atoms with Crippen molar-refractivity contribution in [3.8, 4) is 0 Å². The van der Waals surface area contributed by atoms with Crippen molar-refractivity contribution in [2.24, 2.45) is 0 Å². The van der Waals surface area contributed by atoms with E-state index in [9.17, 15) is 17.6 Å². The number of aromatic nitrogens is 3. The molecule has 0 radical (unpaired) electrons. The first kappa shape index (κ1) is 22.3. The maximum Gasteiger partial charge on any atom is 0.416 e. The van der Waals surface area contributed by atoms with Crippen LogP contribution in [0.25, 0.3) is 10.9 Å². The van der Waals surface area contributed by atoms with Gasteiger partial charge in [0.2, 0.25) is 5.28 Å². The Morgan fingerprint density at radius 3 is 2.56 bits per heavy atom. The van der Waals surface area contributed by atoms with Crippen molar-refractivity contribution >= 4 is 39.8 Å². The van der Waals surface area contributed by atoms with E-state index in [1.165, 1.54) is 6.07 Å². The van der Waals surface area contributed by atoms with Crippen LogP contribution in [0, 0.1) is 0 Å². The molecule has 6 nitrogen and oxygen atoms in total. The molecule has 2 aromatic heterocycles. The van der Waals surface area contributed by atoms with Gasteiger partial charge >= 0.3 is 6.18 Å². The molecule has 0 amide bonds. The number of nitrogens with one attached hydrogen (secondary N) is 1. The van der Waals surface area contributed by atoms with Crippen LogP contribution in [0.5, 0.6) is 0 Å². The summed E-state index contributed by atoms with van der Waals surface area (Å²) >= 11 is 6.06. The van der Waals surface area contributed by atoms with Gasteiger partial charge in [-0.05, 0) is 61.2 Å². The van der Waals surface area contributed by atoms with E-state index in [-0.39, 0.29) is 11.0 Å². The summed E-state index contributed by atoms with van der Waals surface area (Å²) in [6, 6.07) is 4.64. The highest BCUT2D eigenvalue weighted by atomic mass is 35.5. The van der Waals surface area contributed by atoms with Crippen molar-refractivity contribution in [2.75, 3.05) is 29.0 Å². The lowest BCUT2D eigenvalue weighted by molar-refractivity contribution is -0.137. The standard InChI is InChI=1S/C21H21ClF4N6/c1-11(12-6-13(21(24,25)26)8-15(27)7-12)29-19-16-9-18(32-4-2-14(23)3-5-32)28-10-17(16)30-20(22)31-19/h6-11,14H,2-5,27H2,1H3,(H,29,30,31)/t11-/m1/s1. The van der Waals surface area contributed by atoms with Gasteiger partial charge in [-0.1, -0.05) is 0 Å². The topological polar surface area (TPSA) is 80.0 Å². The maximum atomic E-state index is 13.5. The smallest absolute Gasteiger partial charge is 0.399 e. The van der Waals surface area contributed by atoms with Gasteiger partial charge in [0.25, 0.3) is 0 Å². The van der Waals surface area contributed by atoms with E-state index >= 15 is 0 Å². The molecule has 11 heteroatoms. The van der Waals surface area contributed by atoms with Crippen LogP contribution in [-0.4, -0.2) is 34.2 Å². The van der Waals surface area contributed by atoms with Crippen LogP contribution in [0.3, 0.4) is 0 Å². The Balaban J connectivity index is 1.68. The second-order valence-electron chi connectivity index (χ2n) is 7.81. The van der Waals surface area contributed by atoms with Gasteiger partial charge in [0.1, 0.15) is 17.8 Å². The number of hydrogen-bond acceptors (Lipinski definition) is 6. The number of piperidine rings is 1. The number of anilines is 3. The molecular weight excluding hydrogens is 448 g/mol. The number of halogens is 5. The SMILES string of the molecule is C[C@@H](Nc1nc(Cl)nc2cnc(N3CCC(F)CC3)cc12)c1cc(N)cc(C(F)(F)F)c1. The quantitative estimate of drug-likeness (QED) is 0.303. The van der Waals surface area contributed by atoms with Crippen molar-refractivity contribution in [1.82, 2.24) is 15.0 Å². The van der Waals surface area contributed by atoms with E-state index in [0.29, 0.717) is 54.0 Å². The van der Waals surface area contributed by atoms with Crippen LogP contribution >= 0.6 is 11.6 Å². The normalized spacial score (nSPS) is 16.4. The van der Waals surface area contributed by atoms with Gasteiger partial charge in [-0.3, -0.25) is 0 Å². The fraction of sp³-hybridized carbons (Fsp3) is 0.381. The van der Waals surface area contributed by atoms with Crippen LogP contribution in [0.1, 0.15) is 36.9 Å². The molecule has 0 spiro atoms. The highest BCUT2D eigenvalue weighted by Gasteiger charge is 2.31. The number of nitrogens with zero attached hydrogens (tertiary/aromatic N) is 4. The number of rotatable bonds is 4. The predicted octanol–water partition coefficient (Wildman–Crippen LogP) is 5.39. The molecule has 32 heavy (non-hydrogen) atoms. The summed E-state index contributed by atoms with van der Waals surface area (Å²) in [5.41, 5.74) is 5.71. The summed E-state index contributed by atoms with van der Waals surface area (Å²) in [5, 5.41) is 3.70. The predicted molar refractivity (Wildman–Crippen MR) is 117 cm³/mol. The van der Waals surface area contributed by atoms with E-state index < -0.39 is 24.0 Å². The van der Waals surface area contributed by atoms with E-state index in [4.69, 9.17) is 17.3 Å². The number of benzene rings is 1. The highest BCUT2D eigenvalue weighted by molar-refractivity contribution is 6.28. The Kier molecular flexibility index (Phi) is 5.98. The van der Waals surface area contributed by atoms with Crippen molar-refractivity contribution < 1.29 is 17.6 Å². The molecule has 3 aromatic rings. The molecular formula is C21H21ClF4N6. The van der Waals surface area contributed by atoms with Gasteiger partial charge in [-0.25, -0.2) is 19.3 Å². The van der Waals surface area contributed by atoms with Gasteiger partial charge < -0.3 is 16.0 Å². The average molecular weight is 469 g/mol. The van der Waals surface area contributed by atoms with Crippen LogP contribution in [0.4, 0.5) is 34.9 Å². The monoisotopic (exact) mass is 468 g/mol. The van der Waals surface area contributed by atoms with E-state index in [1.807, 2.05) is 4.90 Å². The second kappa shape index (κ2) is 8.57. The van der Waals surface area contributed by atoms with Gasteiger partial charge in [0.15, 0.2) is 0 Å². The summed E-state index contributed by atoms with van der Waals surface area (Å²) in [7, 11) is 0. The summed E-state index contributed by atoms with van der Waals surface area (Å²) in [6.07, 6.45) is -2.92. The largest absolute Gasteiger partial charge is 0.416 e. The van der Waals surface area contributed by atoms with E-state index in [2.05, 4.69) is 20.3 Å². The number of fused-ring (bicyclic) bond motifs is 1. The molecule has 1 aromatic carbocycles. The number of pyridine rings is 1. The Morgan fingerprint density at radius 2 is 1.88 bits per heavy atom. The Labute approximate surface area is 186 Å². The Hall–Kier alpha value is -2.88. The minimum atomic E-state index is -4.51. The first-order chi connectivity index (χ1) is 15.1. The molecule has 1 saturated heterocycles. The molecule has 0 aliphatic carbocycles. The lowest BCUT2D eigenvalue weighted by Crippen LogP contribution is -2.34. The molecule has 170 valence electrons. The third-order valence-corrected chi connectivity index (χ3v) is 5.62. The zero-order valence-corrected chi connectivity index (χ0v) is 17.9. The van der Waals surface area contributed by atoms with Gasteiger partial charge in [-0.2, -0.15) is 13.2 Å². The van der Waals surface area contributed by atoms with Gasteiger partial charge in [0, 0.05) is 24.2 Å². The molecule has 1 atom stereocenters. The Morgan fingerprint density at radius 1 is 1.16 bits per heavy atom. The number of nitrogens with two attached hydrogens (primary N) is 1. The second-order valence-corrected chi connectivity index (χ2v) is 8.15. The third kappa shape index (κ3) is 4.79. The minimum absolute atomic E-state index is 0.0109.